The van der Waals surface area contributed by atoms with Crippen LogP contribution in [0.1, 0.15) is 38.9 Å². The number of aliphatic carboxylic acids is 1. The quantitative estimate of drug-likeness (QED) is 0.685. The van der Waals surface area contributed by atoms with E-state index in [0.29, 0.717) is 18.8 Å². The molecule has 1 atom stereocenters. The zero-order valence-corrected chi connectivity index (χ0v) is 10.3. The maximum atomic E-state index is 10.9. The Morgan fingerprint density at radius 1 is 1.47 bits per heavy atom. The molecule has 1 unspecified atom stereocenters. The Balaban J connectivity index is 2.52. The number of nitrogens with one attached hydrogen (secondary N) is 1. The van der Waals surface area contributed by atoms with Crippen LogP contribution < -0.4 is 5.32 Å². The summed E-state index contributed by atoms with van der Waals surface area (Å²) < 4.78 is 1.69. The molecule has 0 spiro atoms. The number of carbonyl (C=O) groups is 1. The van der Waals surface area contributed by atoms with Crippen LogP contribution in [0.25, 0.3) is 0 Å². The van der Waals surface area contributed by atoms with Crippen molar-refractivity contribution in [2.45, 2.75) is 52.2 Å². The van der Waals surface area contributed by atoms with Crippen molar-refractivity contribution < 1.29 is 9.90 Å². The van der Waals surface area contributed by atoms with Gasteiger partial charge >= 0.3 is 5.97 Å². The van der Waals surface area contributed by atoms with Crippen LogP contribution in [0.2, 0.25) is 0 Å². The minimum absolute atomic E-state index is 0.379. The van der Waals surface area contributed by atoms with E-state index in [2.05, 4.69) is 20.8 Å². The largest absolute Gasteiger partial charge is 0.480 e. The monoisotopic (exact) mass is 241 g/mol. The van der Waals surface area contributed by atoms with Gasteiger partial charge in [-0.15, -0.1) is 5.10 Å². The zero-order chi connectivity index (χ0) is 12.7. The third kappa shape index (κ3) is 4.10. The van der Waals surface area contributed by atoms with Crippen LogP contribution in [0.4, 0.5) is 0 Å². The highest BCUT2D eigenvalue weighted by Gasteiger charge is 2.16. The van der Waals surface area contributed by atoms with Crippen LogP contribution in [0.15, 0.2) is 0 Å². The molecular weight excluding hydrogens is 222 g/mol. The molecule has 0 saturated heterocycles. The van der Waals surface area contributed by atoms with E-state index in [1.54, 1.807) is 4.68 Å². The summed E-state index contributed by atoms with van der Waals surface area (Å²) in [5, 5.41) is 23.2. The van der Waals surface area contributed by atoms with Crippen LogP contribution in [0.3, 0.4) is 0 Å². The van der Waals surface area contributed by atoms with Crippen molar-refractivity contribution in [3.63, 3.8) is 0 Å². The lowest BCUT2D eigenvalue weighted by molar-refractivity contribution is -0.139. The van der Waals surface area contributed by atoms with E-state index < -0.39 is 12.0 Å². The van der Waals surface area contributed by atoms with E-state index in [-0.39, 0.29) is 0 Å². The number of rotatable bonds is 8. The molecule has 96 valence electrons. The molecule has 0 fully saturated rings. The molecule has 0 bridgehead atoms. The second-order valence-electron chi connectivity index (χ2n) is 3.88. The average Bonchev–Trinajstić information content (AvgIpc) is 2.72. The molecule has 1 rings (SSSR count). The molecule has 17 heavy (non-hydrogen) atoms. The van der Waals surface area contributed by atoms with Gasteiger partial charge in [-0.1, -0.05) is 20.3 Å². The number of hydrogen-bond acceptors (Lipinski definition) is 5. The van der Waals surface area contributed by atoms with Gasteiger partial charge in [0.1, 0.15) is 6.04 Å². The standard InChI is InChI=1S/C10H19N5O2/c1-3-5-8(10(16)17)11-7-9-12-13-14-15(9)6-4-2/h8,11H,3-7H2,1-2H3,(H,16,17). The smallest absolute Gasteiger partial charge is 0.320 e. The summed E-state index contributed by atoms with van der Waals surface area (Å²) in [6.07, 6.45) is 2.36. The Labute approximate surface area is 100 Å². The lowest BCUT2D eigenvalue weighted by Gasteiger charge is -2.12. The van der Waals surface area contributed by atoms with Gasteiger partial charge in [0.15, 0.2) is 5.82 Å². The number of carboxylic acid groups (broad SMARTS) is 1. The van der Waals surface area contributed by atoms with E-state index in [9.17, 15) is 4.79 Å². The number of aryl methyl sites for hydroxylation is 1. The Kier molecular flexibility index (Phi) is 5.55. The fourth-order valence-electron chi connectivity index (χ4n) is 1.55. The van der Waals surface area contributed by atoms with E-state index >= 15 is 0 Å². The molecule has 0 aromatic carbocycles. The summed E-state index contributed by atoms with van der Waals surface area (Å²) in [7, 11) is 0. The molecule has 1 aromatic heterocycles. The molecule has 7 nitrogen and oxygen atoms in total. The number of carboxylic acids is 1. The molecule has 2 N–H and O–H groups in total. The Hall–Kier alpha value is -1.50. The molecule has 1 aromatic rings. The summed E-state index contributed by atoms with van der Waals surface area (Å²) in [5.74, 6) is -0.157. The topological polar surface area (TPSA) is 92.9 Å². The first-order valence-electron chi connectivity index (χ1n) is 5.90. The first-order valence-corrected chi connectivity index (χ1v) is 5.90. The third-order valence-electron chi connectivity index (χ3n) is 2.42. The van der Waals surface area contributed by atoms with Gasteiger partial charge < -0.3 is 5.11 Å². The summed E-state index contributed by atoms with van der Waals surface area (Å²) in [4.78, 5) is 10.9. The number of nitrogens with zero attached hydrogens (tertiary/aromatic N) is 4. The Morgan fingerprint density at radius 3 is 2.82 bits per heavy atom. The van der Waals surface area contributed by atoms with E-state index in [1.807, 2.05) is 13.8 Å². The molecule has 1 heterocycles. The maximum absolute atomic E-state index is 10.9. The summed E-state index contributed by atoms with van der Waals surface area (Å²) >= 11 is 0. The predicted molar refractivity (Wildman–Crippen MR) is 61.3 cm³/mol. The van der Waals surface area contributed by atoms with Crippen molar-refractivity contribution in [3.8, 4) is 0 Å². The summed E-state index contributed by atoms with van der Waals surface area (Å²) in [6, 6.07) is -0.535. The van der Waals surface area contributed by atoms with Crippen LogP contribution >= 0.6 is 0 Å². The van der Waals surface area contributed by atoms with E-state index in [1.165, 1.54) is 0 Å². The lowest BCUT2D eigenvalue weighted by Crippen LogP contribution is -2.36. The second kappa shape index (κ2) is 6.95. The van der Waals surface area contributed by atoms with Crippen LogP contribution in [0, 0.1) is 0 Å². The van der Waals surface area contributed by atoms with Crippen molar-refractivity contribution in [1.82, 2.24) is 25.5 Å². The third-order valence-corrected chi connectivity index (χ3v) is 2.42. The van der Waals surface area contributed by atoms with E-state index in [4.69, 9.17) is 5.11 Å². The molecule has 0 radical (unpaired) electrons. The molecule has 0 saturated carbocycles. The number of aromatic nitrogens is 4. The van der Waals surface area contributed by atoms with Gasteiger partial charge in [0.2, 0.25) is 0 Å². The molecule has 0 aliphatic heterocycles. The first-order chi connectivity index (χ1) is 8.19. The highest BCUT2D eigenvalue weighted by molar-refractivity contribution is 5.73. The molecule has 0 aliphatic rings. The summed E-state index contributed by atoms with van der Waals surface area (Å²) in [5.41, 5.74) is 0. The van der Waals surface area contributed by atoms with Gasteiger partial charge in [-0.25, -0.2) is 4.68 Å². The first kappa shape index (κ1) is 13.6. The van der Waals surface area contributed by atoms with Gasteiger partial charge in [-0.2, -0.15) is 0 Å². The Morgan fingerprint density at radius 2 is 2.24 bits per heavy atom. The number of tetrazole rings is 1. The summed E-state index contributed by atoms with van der Waals surface area (Å²) in [6.45, 7) is 5.12. The van der Waals surface area contributed by atoms with Gasteiger partial charge in [0, 0.05) is 6.54 Å². The highest BCUT2D eigenvalue weighted by atomic mass is 16.4. The van der Waals surface area contributed by atoms with Gasteiger partial charge in [-0.3, -0.25) is 10.1 Å². The average molecular weight is 241 g/mol. The van der Waals surface area contributed by atoms with Crippen molar-refractivity contribution in [1.29, 1.82) is 0 Å². The fourth-order valence-corrected chi connectivity index (χ4v) is 1.55. The lowest BCUT2D eigenvalue weighted by atomic mass is 10.2. The molecular formula is C10H19N5O2. The van der Waals surface area contributed by atoms with Crippen molar-refractivity contribution in [2.24, 2.45) is 0 Å². The molecule has 0 aliphatic carbocycles. The molecule has 7 heteroatoms. The minimum Gasteiger partial charge on any atom is -0.480 e. The van der Waals surface area contributed by atoms with Crippen LogP contribution in [-0.4, -0.2) is 37.3 Å². The van der Waals surface area contributed by atoms with Crippen molar-refractivity contribution in [3.05, 3.63) is 5.82 Å². The van der Waals surface area contributed by atoms with E-state index in [0.717, 1.165) is 19.4 Å². The fraction of sp³-hybridized carbons (Fsp3) is 0.800. The number of hydrogen-bond donors (Lipinski definition) is 2. The SMILES string of the molecule is CCCC(NCc1nnnn1CCC)C(=O)O. The van der Waals surface area contributed by atoms with Gasteiger partial charge in [0.25, 0.3) is 0 Å². The predicted octanol–water partition coefficient (Wildman–Crippen LogP) is 0.426. The Bertz CT molecular complexity index is 352. The van der Waals surface area contributed by atoms with Crippen LogP contribution in [-0.2, 0) is 17.9 Å². The normalized spacial score (nSPS) is 12.6. The van der Waals surface area contributed by atoms with Gasteiger partial charge in [-0.05, 0) is 23.3 Å². The maximum Gasteiger partial charge on any atom is 0.320 e. The second-order valence-corrected chi connectivity index (χ2v) is 3.88. The molecule has 0 amide bonds. The zero-order valence-electron chi connectivity index (χ0n) is 10.3. The minimum atomic E-state index is -0.832. The van der Waals surface area contributed by atoms with Gasteiger partial charge in [0.05, 0.1) is 6.54 Å². The highest BCUT2D eigenvalue weighted by Crippen LogP contribution is 2.00. The van der Waals surface area contributed by atoms with Crippen molar-refractivity contribution >= 4 is 5.97 Å². The van der Waals surface area contributed by atoms with Crippen molar-refractivity contribution in [2.75, 3.05) is 0 Å². The van der Waals surface area contributed by atoms with Crippen LogP contribution in [0.5, 0.6) is 0 Å².